The summed E-state index contributed by atoms with van der Waals surface area (Å²) in [4.78, 5) is 18.4. The van der Waals surface area contributed by atoms with Crippen LogP contribution < -0.4 is 5.32 Å². The van der Waals surface area contributed by atoms with Crippen molar-refractivity contribution in [2.75, 3.05) is 57.5 Å². The van der Waals surface area contributed by atoms with Gasteiger partial charge in [0.05, 0.1) is 24.7 Å². The predicted octanol–water partition coefficient (Wildman–Crippen LogP) is 0.288. The maximum absolute atomic E-state index is 12.0. The molecule has 1 fully saturated rings. The Bertz CT molecular complexity index is 560. The van der Waals surface area contributed by atoms with E-state index in [-0.39, 0.29) is 23.5 Å². The molecule has 8 nitrogen and oxygen atoms in total. The highest BCUT2D eigenvalue weighted by Gasteiger charge is 2.28. The average Bonchev–Trinajstić information content (AvgIpc) is 2.49. The second-order valence-corrected chi connectivity index (χ2v) is 9.03. The van der Waals surface area contributed by atoms with Gasteiger partial charge in [-0.05, 0) is 6.42 Å². The quantitative estimate of drug-likeness (QED) is 0.776. The van der Waals surface area contributed by atoms with Crippen molar-refractivity contribution in [2.24, 2.45) is 10.4 Å². The lowest BCUT2D eigenvalue weighted by atomic mass is 9.88. The first-order chi connectivity index (χ1) is 11.3. The Labute approximate surface area is 143 Å². The molecule has 0 atom stereocenters. The van der Waals surface area contributed by atoms with Gasteiger partial charge in [-0.3, -0.25) is 15.2 Å². The lowest BCUT2D eigenvalue weighted by Crippen LogP contribution is -2.44. The summed E-state index contributed by atoms with van der Waals surface area (Å²) in [5.74, 6) is 0.971. The first-order valence-electron chi connectivity index (χ1n) is 8.28. The molecular weight excluding hydrogens is 334 g/mol. The van der Waals surface area contributed by atoms with Gasteiger partial charge in [0, 0.05) is 31.7 Å². The fraction of sp³-hybridized carbons (Fsp3) is 0.867. The fourth-order valence-corrected chi connectivity index (χ4v) is 3.84. The molecule has 0 aromatic carbocycles. The third-order valence-corrected chi connectivity index (χ3v) is 5.93. The van der Waals surface area contributed by atoms with E-state index in [1.54, 1.807) is 0 Å². The van der Waals surface area contributed by atoms with Crippen LogP contribution in [0, 0.1) is 5.41 Å². The molecule has 9 heteroatoms. The Morgan fingerprint density at radius 2 is 2.04 bits per heavy atom. The van der Waals surface area contributed by atoms with Gasteiger partial charge >= 0.3 is 6.09 Å². The summed E-state index contributed by atoms with van der Waals surface area (Å²) < 4.78 is 33.4. The van der Waals surface area contributed by atoms with Crippen molar-refractivity contribution in [1.82, 2.24) is 10.2 Å². The minimum Gasteiger partial charge on any atom is -0.448 e. The highest BCUT2D eigenvalue weighted by atomic mass is 32.2. The zero-order valence-electron chi connectivity index (χ0n) is 14.4. The van der Waals surface area contributed by atoms with E-state index in [1.165, 1.54) is 0 Å². The molecule has 0 radical (unpaired) electrons. The number of nitrogens with zero attached hydrogens (tertiary/aromatic N) is 2. The zero-order chi connectivity index (χ0) is 17.6. The standard InChI is InChI=1S/C15H27N3O5S/c1-15(2)3-8-22-9-4-16-13(15)17-14(19)23-10-5-18-6-11-24(20,21)12-7-18/h3-12H2,1-2H3,(H,16,17,19). The Morgan fingerprint density at radius 1 is 1.33 bits per heavy atom. The third kappa shape index (κ3) is 6.03. The van der Waals surface area contributed by atoms with E-state index in [2.05, 4.69) is 10.3 Å². The molecule has 1 saturated heterocycles. The van der Waals surface area contributed by atoms with Crippen molar-refractivity contribution < 1.29 is 22.7 Å². The van der Waals surface area contributed by atoms with Gasteiger partial charge in [0.25, 0.3) is 0 Å². The molecule has 24 heavy (non-hydrogen) atoms. The van der Waals surface area contributed by atoms with E-state index in [4.69, 9.17) is 9.47 Å². The second-order valence-electron chi connectivity index (χ2n) is 6.73. The van der Waals surface area contributed by atoms with Gasteiger partial charge < -0.3 is 9.47 Å². The van der Waals surface area contributed by atoms with Gasteiger partial charge in [0.2, 0.25) is 0 Å². The molecular formula is C15H27N3O5S. The molecule has 0 aliphatic carbocycles. The van der Waals surface area contributed by atoms with Crippen molar-refractivity contribution in [3.05, 3.63) is 0 Å². The van der Waals surface area contributed by atoms with Crippen LogP contribution in [0.25, 0.3) is 0 Å². The Hall–Kier alpha value is -1.19. The minimum absolute atomic E-state index is 0.173. The number of amidine groups is 1. The summed E-state index contributed by atoms with van der Waals surface area (Å²) in [6.45, 7) is 7.47. The van der Waals surface area contributed by atoms with Crippen LogP contribution in [0.2, 0.25) is 0 Å². The monoisotopic (exact) mass is 361 g/mol. The number of ether oxygens (including phenoxy) is 2. The lowest BCUT2D eigenvalue weighted by Gasteiger charge is -2.29. The largest absolute Gasteiger partial charge is 0.448 e. The number of rotatable bonds is 3. The number of nitrogens with one attached hydrogen (secondary N) is 1. The van der Waals surface area contributed by atoms with E-state index in [0.29, 0.717) is 45.2 Å². The topological polar surface area (TPSA) is 97.3 Å². The van der Waals surface area contributed by atoms with Crippen molar-refractivity contribution in [3.63, 3.8) is 0 Å². The van der Waals surface area contributed by atoms with E-state index in [1.807, 2.05) is 18.7 Å². The van der Waals surface area contributed by atoms with Gasteiger partial charge in [-0.1, -0.05) is 13.8 Å². The molecule has 0 bridgehead atoms. The maximum Gasteiger partial charge on any atom is 0.412 e. The van der Waals surface area contributed by atoms with Crippen molar-refractivity contribution in [1.29, 1.82) is 0 Å². The van der Waals surface area contributed by atoms with Crippen LogP contribution >= 0.6 is 0 Å². The molecule has 2 heterocycles. The Balaban J connectivity index is 1.74. The van der Waals surface area contributed by atoms with Crippen LogP contribution in [-0.4, -0.2) is 82.8 Å². The highest BCUT2D eigenvalue weighted by molar-refractivity contribution is 7.91. The molecule has 2 aliphatic heterocycles. The number of alkyl carbamates (subject to hydrolysis) is 1. The minimum atomic E-state index is -2.88. The normalized spacial score (nSPS) is 24.3. The molecule has 0 spiro atoms. The summed E-state index contributed by atoms with van der Waals surface area (Å²) in [6, 6.07) is 0. The van der Waals surface area contributed by atoms with Gasteiger partial charge in [-0.2, -0.15) is 0 Å². The first-order valence-corrected chi connectivity index (χ1v) is 10.1. The van der Waals surface area contributed by atoms with E-state index in [0.717, 1.165) is 6.42 Å². The number of carbonyl (C=O) groups is 1. The molecule has 2 aliphatic rings. The first kappa shape index (κ1) is 19.1. The SMILES string of the molecule is CC1(C)CCOCCN=C1NC(=O)OCCN1CCS(=O)(=O)CC1. The van der Waals surface area contributed by atoms with Crippen LogP contribution in [0.4, 0.5) is 4.79 Å². The Morgan fingerprint density at radius 3 is 2.75 bits per heavy atom. The van der Waals surface area contributed by atoms with Gasteiger partial charge in [-0.15, -0.1) is 0 Å². The van der Waals surface area contributed by atoms with Crippen LogP contribution in [0.3, 0.4) is 0 Å². The summed E-state index contributed by atoms with van der Waals surface area (Å²) in [6.07, 6.45) is 0.252. The maximum atomic E-state index is 12.0. The number of hydrogen-bond acceptors (Lipinski definition) is 7. The highest BCUT2D eigenvalue weighted by Crippen LogP contribution is 2.22. The molecule has 2 rings (SSSR count). The smallest absolute Gasteiger partial charge is 0.412 e. The molecule has 1 amide bonds. The van der Waals surface area contributed by atoms with Crippen LogP contribution in [-0.2, 0) is 19.3 Å². The van der Waals surface area contributed by atoms with Crippen LogP contribution in [0.5, 0.6) is 0 Å². The second kappa shape index (κ2) is 8.26. The summed E-state index contributed by atoms with van der Waals surface area (Å²) >= 11 is 0. The van der Waals surface area contributed by atoms with Crippen molar-refractivity contribution in [2.45, 2.75) is 20.3 Å². The summed E-state index contributed by atoms with van der Waals surface area (Å²) in [5, 5.41) is 2.75. The van der Waals surface area contributed by atoms with Crippen LogP contribution in [0.15, 0.2) is 4.99 Å². The molecule has 1 N–H and O–H groups in total. The van der Waals surface area contributed by atoms with Gasteiger partial charge in [0.15, 0.2) is 9.84 Å². The van der Waals surface area contributed by atoms with Crippen molar-refractivity contribution >= 4 is 21.8 Å². The number of carbonyl (C=O) groups excluding carboxylic acids is 1. The Kier molecular flexibility index (Phi) is 6.59. The lowest BCUT2D eigenvalue weighted by molar-refractivity contribution is 0.115. The summed E-state index contributed by atoms with van der Waals surface area (Å²) in [7, 11) is -2.88. The number of sulfone groups is 1. The molecule has 0 saturated carbocycles. The van der Waals surface area contributed by atoms with E-state index >= 15 is 0 Å². The molecule has 138 valence electrons. The van der Waals surface area contributed by atoms with Gasteiger partial charge in [0.1, 0.15) is 12.4 Å². The number of hydrogen-bond donors (Lipinski definition) is 1. The summed E-state index contributed by atoms with van der Waals surface area (Å²) in [5.41, 5.74) is -0.277. The fourth-order valence-electron chi connectivity index (χ4n) is 2.57. The van der Waals surface area contributed by atoms with Crippen molar-refractivity contribution in [3.8, 4) is 0 Å². The van der Waals surface area contributed by atoms with E-state index < -0.39 is 15.9 Å². The van der Waals surface area contributed by atoms with E-state index in [9.17, 15) is 13.2 Å². The zero-order valence-corrected chi connectivity index (χ0v) is 15.2. The molecule has 0 aromatic heterocycles. The molecule has 0 aromatic rings. The average molecular weight is 361 g/mol. The molecule has 0 unspecified atom stereocenters. The van der Waals surface area contributed by atoms with Gasteiger partial charge in [-0.25, -0.2) is 13.2 Å². The predicted molar refractivity (Wildman–Crippen MR) is 91.1 cm³/mol. The number of amides is 1. The number of aliphatic imine (C=N–C) groups is 1. The third-order valence-electron chi connectivity index (χ3n) is 4.32. The van der Waals surface area contributed by atoms with Crippen LogP contribution in [0.1, 0.15) is 20.3 Å².